The molecule has 1 aromatic carbocycles. The van der Waals surface area contributed by atoms with Crippen molar-refractivity contribution >= 4 is 16.0 Å². The maximum Gasteiger partial charge on any atom is 0.338 e. The van der Waals surface area contributed by atoms with E-state index in [1.165, 1.54) is 12.4 Å². The van der Waals surface area contributed by atoms with Gasteiger partial charge in [-0.15, -0.1) is 0 Å². The first kappa shape index (κ1) is 14.2. The normalized spacial score (nSPS) is 11.4. The lowest BCUT2D eigenvalue weighted by Gasteiger charge is -2.07. The van der Waals surface area contributed by atoms with Crippen molar-refractivity contribution < 1.29 is 22.7 Å². The van der Waals surface area contributed by atoms with E-state index in [-0.39, 0.29) is 11.4 Å². The van der Waals surface area contributed by atoms with Crippen molar-refractivity contribution in [2.24, 2.45) is 0 Å². The van der Waals surface area contributed by atoms with Gasteiger partial charge in [0.05, 0.1) is 16.7 Å². The van der Waals surface area contributed by atoms with Crippen molar-refractivity contribution in [3.63, 3.8) is 0 Å². The Hall–Kier alpha value is -2.26. The summed E-state index contributed by atoms with van der Waals surface area (Å²) in [7, 11) is -3.93. The number of carbonyl (C=O) groups is 1. The van der Waals surface area contributed by atoms with Gasteiger partial charge in [-0.05, 0) is 18.2 Å². The van der Waals surface area contributed by atoms with Gasteiger partial charge in [-0.3, -0.25) is 5.10 Å². The van der Waals surface area contributed by atoms with Crippen LogP contribution in [0.5, 0.6) is 0 Å². The minimum Gasteiger partial charge on any atom is -0.478 e. The van der Waals surface area contributed by atoms with Crippen molar-refractivity contribution in [1.29, 1.82) is 0 Å². The Bertz CT molecular complexity index is 728. The quantitative estimate of drug-likeness (QED) is 0.753. The fourth-order valence-corrected chi connectivity index (χ4v) is 2.51. The average Bonchev–Trinajstić information content (AvgIpc) is 2.89. The zero-order valence-electron chi connectivity index (χ0n) is 10.00. The van der Waals surface area contributed by atoms with Crippen molar-refractivity contribution in [2.75, 3.05) is 0 Å². The molecule has 106 valence electrons. The number of nitrogens with one attached hydrogen (secondary N) is 2. The van der Waals surface area contributed by atoms with Crippen molar-refractivity contribution in [1.82, 2.24) is 14.9 Å². The first-order chi connectivity index (χ1) is 9.40. The number of hydrogen-bond donors (Lipinski definition) is 3. The van der Waals surface area contributed by atoms with Gasteiger partial charge in [0.1, 0.15) is 5.82 Å². The molecule has 20 heavy (non-hydrogen) atoms. The smallest absolute Gasteiger partial charge is 0.338 e. The van der Waals surface area contributed by atoms with Gasteiger partial charge >= 0.3 is 5.97 Å². The average molecular weight is 299 g/mol. The summed E-state index contributed by atoms with van der Waals surface area (Å²) in [5.74, 6) is -2.53. The van der Waals surface area contributed by atoms with Gasteiger partial charge in [0.2, 0.25) is 10.0 Å². The van der Waals surface area contributed by atoms with E-state index in [2.05, 4.69) is 14.9 Å². The molecule has 2 aromatic rings. The van der Waals surface area contributed by atoms with Crippen molar-refractivity contribution in [3.05, 3.63) is 47.5 Å². The number of carboxylic acid groups (broad SMARTS) is 1. The largest absolute Gasteiger partial charge is 0.478 e. The molecular weight excluding hydrogens is 289 g/mol. The van der Waals surface area contributed by atoms with E-state index >= 15 is 0 Å². The number of rotatable bonds is 5. The zero-order chi connectivity index (χ0) is 14.8. The topological polar surface area (TPSA) is 112 Å². The molecule has 0 aliphatic heterocycles. The van der Waals surface area contributed by atoms with Crippen LogP contribution < -0.4 is 4.72 Å². The zero-order valence-corrected chi connectivity index (χ0v) is 10.8. The molecule has 0 bridgehead atoms. The van der Waals surface area contributed by atoms with E-state index < -0.39 is 27.4 Å². The third-order valence-electron chi connectivity index (χ3n) is 2.50. The molecule has 2 rings (SSSR count). The van der Waals surface area contributed by atoms with E-state index in [0.717, 1.165) is 18.2 Å². The number of halogens is 1. The monoisotopic (exact) mass is 299 g/mol. The maximum atomic E-state index is 13.2. The summed E-state index contributed by atoms with van der Waals surface area (Å²) in [6, 6.07) is 2.57. The predicted molar refractivity (Wildman–Crippen MR) is 66.0 cm³/mol. The highest BCUT2D eigenvalue weighted by Crippen LogP contribution is 2.15. The molecule has 0 saturated carbocycles. The van der Waals surface area contributed by atoms with E-state index in [0.29, 0.717) is 5.56 Å². The third kappa shape index (κ3) is 3.00. The van der Waals surface area contributed by atoms with Crippen LogP contribution in [0.1, 0.15) is 15.9 Å². The number of nitrogens with zero attached hydrogens (tertiary/aromatic N) is 1. The fourth-order valence-electron chi connectivity index (χ4n) is 1.47. The molecule has 0 saturated heterocycles. The summed E-state index contributed by atoms with van der Waals surface area (Å²) < 4.78 is 39.4. The Balaban J connectivity index is 2.25. The number of benzene rings is 1. The number of aromatic amines is 1. The number of sulfonamides is 1. The Kier molecular flexibility index (Phi) is 3.81. The van der Waals surface area contributed by atoms with Gasteiger partial charge in [-0.2, -0.15) is 5.10 Å². The summed E-state index contributed by atoms with van der Waals surface area (Å²) >= 11 is 0. The van der Waals surface area contributed by atoms with Crippen LogP contribution in [-0.4, -0.2) is 29.7 Å². The maximum absolute atomic E-state index is 13.2. The molecule has 0 aliphatic rings. The van der Waals surface area contributed by atoms with E-state index in [1.807, 2.05) is 0 Å². The van der Waals surface area contributed by atoms with Gasteiger partial charge in [0.15, 0.2) is 0 Å². The van der Waals surface area contributed by atoms with Crippen LogP contribution in [0.15, 0.2) is 35.5 Å². The summed E-state index contributed by atoms with van der Waals surface area (Å²) in [4.78, 5) is 10.5. The molecule has 0 radical (unpaired) electrons. The van der Waals surface area contributed by atoms with E-state index in [9.17, 15) is 17.6 Å². The molecule has 1 aromatic heterocycles. The van der Waals surface area contributed by atoms with E-state index in [4.69, 9.17) is 5.11 Å². The highest BCUT2D eigenvalue weighted by Gasteiger charge is 2.18. The summed E-state index contributed by atoms with van der Waals surface area (Å²) in [6.07, 6.45) is 2.95. The van der Waals surface area contributed by atoms with Gasteiger partial charge in [0, 0.05) is 18.3 Å². The Morgan fingerprint density at radius 2 is 2.20 bits per heavy atom. The van der Waals surface area contributed by atoms with Crippen molar-refractivity contribution in [3.8, 4) is 0 Å². The van der Waals surface area contributed by atoms with Gasteiger partial charge < -0.3 is 5.11 Å². The van der Waals surface area contributed by atoms with Gasteiger partial charge in [0.25, 0.3) is 0 Å². The molecule has 0 unspecified atom stereocenters. The molecule has 1 heterocycles. The second-order valence-electron chi connectivity index (χ2n) is 3.88. The van der Waals surface area contributed by atoms with E-state index in [1.54, 1.807) is 0 Å². The number of hydrogen-bond acceptors (Lipinski definition) is 4. The first-order valence-electron chi connectivity index (χ1n) is 5.40. The van der Waals surface area contributed by atoms with Crippen molar-refractivity contribution in [2.45, 2.75) is 11.4 Å². The number of carboxylic acids is 1. The van der Waals surface area contributed by atoms with Crippen LogP contribution in [0.2, 0.25) is 0 Å². The highest BCUT2D eigenvalue weighted by atomic mass is 32.2. The standard InChI is InChI=1S/C11H10FN3O4S/c12-10-2-1-8(3-9(10)11(16)17)20(18,19)15-6-7-4-13-14-5-7/h1-5,15H,6H2,(H,13,14)(H,16,17). The molecule has 3 N–H and O–H groups in total. The molecule has 0 atom stereocenters. The molecule has 0 aliphatic carbocycles. The lowest BCUT2D eigenvalue weighted by molar-refractivity contribution is 0.0691. The van der Waals surface area contributed by atoms with Crippen LogP contribution in [0, 0.1) is 5.82 Å². The minimum absolute atomic E-state index is 0.0153. The van der Waals surface area contributed by atoms with Crippen LogP contribution in [-0.2, 0) is 16.6 Å². The first-order valence-corrected chi connectivity index (χ1v) is 6.88. The third-order valence-corrected chi connectivity index (χ3v) is 3.90. The predicted octanol–water partition coefficient (Wildman–Crippen LogP) is 0.725. The molecule has 9 heteroatoms. The summed E-state index contributed by atoms with van der Waals surface area (Å²) in [5.41, 5.74) is -0.0923. The fraction of sp³-hybridized carbons (Fsp3) is 0.0909. The SMILES string of the molecule is O=C(O)c1cc(S(=O)(=O)NCc2cn[nH]c2)ccc1F. The van der Waals surface area contributed by atoms with Crippen LogP contribution >= 0.6 is 0 Å². The highest BCUT2D eigenvalue weighted by molar-refractivity contribution is 7.89. The van der Waals surface area contributed by atoms with Crippen LogP contribution in [0.4, 0.5) is 4.39 Å². The lowest BCUT2D eigenvalue weighted by Crippen LogP contribution is -2.23. The molecule has 0 spiro atoms. The molecular formula is C11H10FN3O4S. The Morgan fingerprint density at radius 3 is 2.80 bits per heavy atom. The van der Waals surface area contributed by atoms with Crippen LogP contribution in [0.25, 0.3) is 0 Å². The molecule has 0 amide bonds. The Morgan fingerprint density at radius 1 is 1.45 bits per heavy atom. The van der Waals surface area contributed by atoms with Crippen LogP contribution in [0.3, 0.4) is 0 Å². The molecule has 7 nitrogen and oxygen atoms in total. The van der Waals surface area contributed by atoms with Gasteiger partial charge in [-0.1, -0.05) is 0 Å². The Labute approximate surface area is 113 Å². The number of aromatic nitrogens is 2. The molecule has 0 fully saturated rings. The van der Waals surface area contributed by atoms with Gasteiger partial charge in [-0.25, -0.2) is 22.3 Å². The number of H-pyrrole nitrogens is 1. The second-order valence-corrected chi connectivity index (χ2v) is 5.64. The second kappa shape index (κ2) is 5.39. The minimum atomic E-state index is -3.93. The lowest BCUT2D eigenvalue weighted by atomic mass is 10.2. The number of aromatic carboxylic acids is 1. The summed E-state index contributed by atoms with van der Waals surface area (Å²) in [6.45, 7) is -0.0153. The summed E-state index contributed by atoms with van der Waals surface area (Å²) in [5, 5.41) is 15.0.